The maximum absolute atomic E-state index is 12.4. The summed E-state index contributed by atoms with van der Waals surface area (Å²) < 4.78 is 5.06. The van der Waals surface area contributed by atoms with Gasteiger partial charge in [-0.1, -0.05) is 23.2 Å². The van der Waals surface area contributed by atoms with Crippen molar-refractivity contribution >= 4 is 34.9 Å². The number of carbonyl (C=O) groups is 1. The van der Waals surface area contributed by atoms with E-state index in [4.69, 9.17) is 27.9 Å². The van der Waals surface area contributed by atoms with Gasteiger partial charge in [-0.05, 0) is 45.3 Å². The molecule has 124 valence electrons. The van der Waals surface area contributed by atoms with Crippen LogP contribution in [0.5, 0.6) is 0 Å². The normalized spacial score (nSPS) is 10.8. The quantitative estimate of drug-likeness (QED) is 0.783. The zero-order valence-electron chi connectivity index (χ0n) is 13.2. The lowest BCUT2D eigenvalue weighted by atomic mass is 10.3. The fourth-order valence-corrected chi connectivity index (χ4v) is 2.17. The maximum Gasteiger partial charge on any atom is 0.321 e. The van der Waals surface area contributed by atoms with E-state index in [-0.39, 0.29) is 6.03 Å². The molecule has 0 spiro atoms. The number of nitrogens with zero attached hydrogens (tertiary/aromatic N) is 2. The molecule has 0 heterocycles. The number of halogens is 2. The molecular formula is C15H23Cl2N3O2. The molecule has 0 aliphatic heterocycles. The van der Waals surface area contributed by atoms with E-state index in [1.54, 1.807) is 30.2 Å². The van der Waals surface area contributed by atoms with Crippen molar-refractivity contribution in [3.63, 3.8) is 0 Å². The summed E-state index contributed by atoms with van der Waals surface area (Å²) in [5.74, 6) is 0. The molecule has 5 nitrogen and oxygen atoms in total. The van der Waals surface area contributed by atoms with Crippen molar-refractivity contribution in [2.45, 2.75) is 6.42 Å². The number of rotatable bonds is 8. The average Bonchev–Trinajstić information content (AvgIpc) is 2.46. The van der Waals surface area contributed by atoms with E-state index in [1.165, 1.54) is 0 Å². The van der Waals surface area contributed by atoms with Gasteiger partial charge in [0.15, 0.2) is 0 Å². The van der Waals surface area contributed by atoms with E-state index in [0.717, 1.165) is 13.0 Å². The van der Waals surface area contributed by atoms with Crippen LogP contribution in [0.2, 0.25) is 10.0 Å². The smallest absolute Gasteiger partial charge is 0.321 e. The van der Waals surface area contributed by atoms with Crippen molar-refractivity contribution in [1.82, 2.24) is 9.80 Å². The van der Waals surface area contributed by atoms with Crippen LogP contribution in [0, 0.1) is 0 Å². The monoisotopic (exact) mass is 347 g/mol. The summed E-state index contributed by atoms with van der Waals surface area (Å²) in [6, 6.07) is 4.84. The second-order valence-electron chi connectivity index (χ2n) is 5.20. The minimum Gasteiger partial charge on any atom is -0.383 e. The number of nitrogens with one attached hydrogen (secondary N) is 1. The van der Waals surface area contributed by atoms with Gasteiger partial charge in [0.05, 0.1) is 16.7 Å². The second kappa shape index (κ2) is 9.90. The molecule has 0 unspecified atom stereocenters. The van der Waals surface area contributed by atoms with Gasteiger partial charge < -0.3 is 19.9 Å². The van der Waals surface area contributed by atoms with Crippen LogP contribution in [0.3, 0.4) is 0 Å². The summed E-state index contributed by atoms with van der Waals surface area (Å²) in [5, 5.41) is 3.70. The van der Waals surface area contributed by atoms with Crippen LogP contribution in [-0.4, -0.2) is 63.3 Å². The van der Waals surface area contributed by atoms with E-state index in [1.807, 2.05) is 14.1 Å². The summed E-state index contributed by atoms with van der Waals surface area (Å²) in [5.41, 5.74) is 0.620. The molecule has 0 atom stereocenters. The van der Waals surface area contributed by atoms with Crippen LogP contribution >= 0.6 is 23.2 Å². The Morgan fingerprint density at radius 1 is 1.18 bits per heavy atom. The molecule has 22 heavy (non-hydrogen) atoms. The lowest BCUT2D eigenvalue weighted by Gasteiger charge is -2.23. The van der Waals surface area contributed by atoms with Crippen molar-refractivity contribution < 1.29 is 9.53 Å². The SMILES string of the molecule is COCCN(CCCN(C)C)C(=O)Nc1ccc(Cl)c(Cl)c1. The first-order valence-electron chi connectivity index (χ1n) is 7.08. The number of anilines is 1. The molecule has 2 amide bonds. The standard InChI is InChI=1S/C15H23Cl2N3O2/c1-19(2)7-4-8-20(9-10-22-3)15(21)18-12-5-6-13(16)14(17)11-12/h5-6,11H,4,7-10H2,1-3H3,(H,18,21). The molecule has 0 aliphatic rings. The zero-order valence-corrected chi connectivity index (χ0v) is 14.7. The molecule has 1 N–H and O–H groups in total. The van der Waals surface area contributed by atoms with Gasteiger partial charge in [0.1, 0.15) is 0 Å². The van der Waals surface area contributed by atoms with Gasteiger partial charge in [0, 0.05) is 25.9 Å². The maximum atomic E-state index is 12.4. The van der Waals surface area contributed by atoms with Crippen LogP contribution in [-0.2, 0) is 4.74 Å². The Labute approximate surface area is 142 Å². The summed E-state index contributed by atoms with van der Waals surface area (Å²) in [7, 11) is 5.64. The van der Waals surface area contributed by atoms with Crippen LogP contribution in [0.1, 0.15) is 6.42 Å². The largest absolute Gasteiger partial charge is 0.383 e. The summed E-state index contributed by atoms with van der Waals surface area (Å²) in [6.45, 7) is 2.62. The highest BCUT2D eigenvalue weighted by Crippen LogP contribution is 2.25. The van der Waals surface area contributed by atoms with Crippen molar-refractivity contribution in [1.29, 1.82) is 0 Å². The Kier molecular flexibility index (Phi) is 8.56. The lowest BCUT2D eigenvalue weighted by Crippen LogP contribution is -2.38. The van der Waals surface area contributed by atoms with Crippen molar-refractivity contribution in [2.75, 3.05) is 52.8 Å². The van der Waals surface area contributed by atoms with Crippen molar-refractivity contribution in [3.8, 4) is 0 Å². The Hall–Kier alpha value is -1.01. The number of amides is 2. The molecule has 7 heteroatoms. The van der Waals surface area contributed by atoms with E-state index in [2.05, 4.69) is 10.2 Å². The van der Waals surface area contributed by atoms with Crippen LogP contribution in [0.25, 0.3) is 0 Å². The van der Waals surface area contributed by atoms with Gasteiger partial charge in [-0.3, -0.25) is 0 Å². The van der Waals surface area contributed by atoms with E-state index in [9.17, 15) is 4.79 Å². The van der Waals surface area contributed by atoms with Crippen molar-refractivity contribution in [3.05, 3.63) is 28.2 Å². The molecule has 0 fully saturated rings. The number of ether oxygens (including phenoxy) is 1. The highest BCUT2D eigenvalue weighted by atomic mass is 35.5. The van der Waals surface area contributed by atoms with Gasteiger partial charge in [-0.15, -0.1) is 0 Å². The number of hydrogen-bond donors (Lipinski definition) is 1. The van der Waals surface area contributed by atoms with Gasteiger partial charge in [0.2, 0.25) is 0 Å². The molecule has 0 saturated heterocycles. The molecule has 0 radical (unpaired) electrons. The second-order valence-corrected chi connectivity index (χ2v) is 6.01. The molecule has 0 aromatic heterocycles. The van der Waals surface area contributed by atoms with Gasteiger partial charge in [0.25, 0.3) is 0 Å². The zero-order chi connectivity index (χ0) is 16.5. The molecule has 0 saturated carbocycles. The third kappa shape index (κ3) is 6.83. The first kappa shape index (κ1) is 19.0. The number of benzene rings is 1. The topological polar surface area (TPSA) is 44.8 Å². The molecular weight excluding hydrogens is 325 g/mol. The van der Waals surface area contributed by atoms with Crippen molar-refractivity contribution in [2.24, 2.45) is 0 Å². The number of urea groups is 1. The first-order valence-corrected chi connectivity index (χ1v) is 7.84. The van der Waals surface area contributed by atoms with E-state index < -0.39 is 0 Å². The van der Waals surface area contributed by atoms with E-state index in [0.29, 0.717) is 35.4 Å². The minimum atomic E-state index is -0.172. The fraction of sp³-hybridized carbons (Fsp3) is 0.533. The first-order chi connectivity index (χ1) is 10.4. The molecule has 0 aliphatic carbocycles. The van der Waals surface area contributed by atoms with Gasteiger partial charge in [-0.2, -0.15) is 0 Å². The summed E-state index contributed by atoms with van der Waals surface area (Å²) in [4.78, 5) is 16.2. The predicted molar refractivity (Wildman–Crippen MR) is 92.1 cm³/mol. The highest BCUT2D eigenvalue weighted by Gasteiger charge is 2.13. The fourth-order valence-electron chi connectivity index (χ4n) is 1.87. The van der Waals surface area contributed by atoms with Crippen LogP contribution in [0.4, 0.5) is 10.5 Å². The molecule has 1 aromatic rings. The third-order valence-corrected chi connectivity index (χ3v) is 3.80. The van der Waals surface area contributed by atoms with Crippen LogP contribution < -0.4 is 5.32 Å². The summed E-state index contributed by atoms with van der Waals surface area (Å²) >= 11 is 11.8. The summed E-state index contributed by atoms with van der Waals surface area (Å²) in [6.07, 6.45) is 0.894. The minimum absolute atomic E-state index is 0.172. The molecule has 0 bridgehead atoms. The number of methoxy groups -OCH3 is 1. The lowest BCUT2D eigenvalue weighted by molar-refractivity contribution is 0.153. The van der Waals surface area contributed by atoms with Gasteiger partial charge >= 0.3 is 6.03 Å². The van der Waals surface area contributed by atoms with Gasteiger partial charge in [-0.25, -0.2) is 4.79 Å². The third-order valence-electron chi connectivity index (χ3n) is 3.06. The molecule has 1 rings (SSSR count). The highest BCUT2D eigenvalue weighted by molar-refractivity contribution is 6.42. The average molecular weight is 348 g/mol. The predicted octanol–water partition coefficient (Wildman–Crippen LogP) is 3.43. The van der Waals surface area contributed by atoms with Crippen LogP contribution in [0.15, 0.2) is 18.2 Å². The Balaban J connectivity index is 2.62. The Morgan fingerprint density at radius 2 is 1.91 bits per heavy atom. The number of hydrogen-bond acceptors (Lipinski definition) is 3. The molecule has 1 aromatic carbocycles. The Bertz CT molecular complexity index is 484. The van der Waals surface area contributed by atoms with E-state index >= 15 is 0 Å². The number of carbonyl (C=O) groups excluding carboxylic acids is 1. The Morgan fingerprint density at radius 3 is 2.50 bits per heavy atom.